The number of ether oxygens (including phenoxy) is 1. The van der Waals surface area contributed by atoms with Crippen molar-refractivity contribution < 1.29 is 4.74 Å². The van der Waals surface area contributed by atoms with Gasteiger partial charge in [-0.3, -0.25) is 0 Å². The van der Waals surface area contributed by atoms with Crippen LogP contribution in [0.3, 0.4) is 0 Å². The Morgan fingerprint density at radius 3 is 2.86 bits per heavy atom. The second-order valence-corrected chi connectivity index (χ2v) is 3.40. The lowest BCUT2D eigenvalue weighted by Crippen LogP contribution is -1.94. The normalized spacial score (nSPS) is 18.4. The van der Waals surface area contributed by atoms with Crippen LogP contribution in [0.4, 0.5) is 0 Å². The number of hydrogen-bond acceptors (Lipinski definition) is 2. The van der Waals surface area contributed by atoms with Gasteiger partial charge in [-0.2, -0.15) is 5.26 Å². The minimum atomic E-state index is 0.274. The van der Waals surface area contributed by atoms with E-state index in [2.05, 4.69) is 13.0 Å². The van der Waals surface area contributed by atoms with Crippen molar-refractivity contribution in [3.8, 4) is 11.8 Å². The molecule has 0 heterocycles. The van der Waals surface area contributed by atoms with Crippen LogP contribution in [0.5, 0.6) is 5.75 Å². The van der Waals surface area contributed by atoms with Gasteiger partial charge in [0.05, 0.1) is 18.8 Å². The molecule has 1 atom stereocenters. The van der Waals surface area contributed by atoms with Gasteiger partial charge in [-0.05, 0) is 11.6 Å². The Hall–Kier alpha value is -1.75. The third-order valence-electron chi connectivity index (χ3n) is 2.57. The number of fused-ring (bicyclic) bond motifs is 1. The first-order valence-electron chi connectivity index (χ1n) is 4.57. The van der Waals surface area contributed by atoms with E-state index in [1.165, 1.54) is 0 Å². The highest BCUT2D eigenvalue weighted by atomic mass is 16.5. The van der Waals surface area contributed by atoms with Crippen molar-refractivity contribution >= 4 is 5.57 Å². The van der Waals surface area contributed by atoms with Gasteiger partial charge in [-0.15, -0.1) is 0 Å². The van der Waals surface area contributed by atoms with Crippen LogP contribution < -0.4 is 4.74 Å². The first kappa shape index (κ1) is 8.83. The Morgan fingerprint density at radius 2 is 2.21 bits per heavy atom. The van der Waals surface area contributed by atoms with E-state index >= 15 is 0 Å². The fourth-order valence-electron chi connectivity index (χ4n) is 1.95. The van der Waals surface area contributed by atoms with E-state index in [1.54, 1.807) is 7.11 Å². The minimum Gasteiger partial charge on any atom is -0.496 e. The van der Waals surface area contributed by atoms with Crippen LogP contribution >= 0.6 is 0 Å². The first-order chi connectivity index (χ1) is 6.77. The summed E-state index contributed by atoms with van der Waals surface area (Å²) in [6.07, 6.45) is 1.98. The molecule has 14 heavy (non-hydrogen) atoms. The number of benzene rings is 1. The Morgan fingerprint density at radius 1 is 1.43 bits per heavy atom. The molecule has 1 aromatic carbocycles. The average Bonchev–Trinajstić information content (AvgIpc) is 2.55. The van der Waals surface area contributed by atoms with Gasteiger partial charge in [0.15, 0.2) is 0 Å². The van der Waals surface area contributed by atoms with Crippen molar-refractivity contribution in [2.24, 2.45) is 0 Å². The lowest BCUT2D eigenvalue weighted by molar-refractivity contribution is 0.409. The third kappa shape index (κ3) is 1.10. The summed E-state index contributed by atoms with van der Waals surface area (Å²) in [4.78, 5) is 0. The zero-order valence-electron chi connectivity index (χ0n) is 8.24. The summed E-state index contributed by atoms with van der Waals surface area (Å²) >= 11 is 0. The molecule has 1 aromatic rings. The number of hydrogen-bond donors (Lipinski definition) is 0. The zero-order chi connectivity index (χ0) is 10.1. The highest BCUT2D eigenvalue weighted by Crippen LogP contribution is 2.40. The molecule has 0 N–H and O–H groups in total. The van der Waals surface area contributed by atoms with Crippen molar-refractivity contribution in [1.82, 2.24) is 0 Å². The molecule has 0 fully saturated rings. The lowest BCUT2D eigenvalue weighted by Gasteiger charge is -2.10. The van der Waals surface area contributed by atoms with Gasteiger partial charge < -0.3 is 4.74 Å². The molecule has 0 amide bonds. The highest BCUT2D eigenvalue weighted by Gasteiger charge is 2.23. The number of nitrogens with zero attached hydrogens (tertiary/aromatic N) is 1. The maximum Gasteiger partial charge on any atom is 0.123 e. The van der Waals surface area contributed by atoms with E-state index in [4.69, 9.17) is 10.00 Å². The van der Waals surface area contributed by atoms with E-state index in [0.717, 1.165) is 22.4 Å². The fraction of sp³-hybridized carbons (Fsp3) is 0.250. The van der Waals surface area contributed by atoms with E-state index < -0.39 is 0 Å². The van der Waals surface area contributed by atoms with E-state index in [9.17, 15) is 0 Å². The largest absolute Gasteiger partial charge is 0.496 e. The van der Waals surface area contributed by atoms with Crippen molar-refractivity contribution in [1.29, 1.82) is 5.26 Å². The SMILES string of the molecule is COc1cccc2c1C(C)C=C2C#N. The number of nitriles is 1. The Kier molecular flexibility index (Phi) is 2.01. The van der Waals surface area contributed by atoms with Gasteiger partial charge in [0.2, 0.25) is 0 Å². The summed E-state index contributed by atoms with van der Waals surface area (Å²) in [7, 11) is 1.66. The van der Waals surface area contributed by atoms with Gasteiger partial charge in [0.1, 0.15) is 5.75 Å². The van der Waals surface area contributed by atoms with E-state index in [1.807, 2.05) is 24.3 Å². The Balaban J connectivity index is 2.63. The molecule has 2 rings (SSSR count). The summed E-state index contributed by atoms with van der Waals surface area (Å²) in [6.45, 7) is 2.08. The Bertz CT molecular complexity index is 440. The van der Waals surface area contributed by atoms with Crippen LogP contribution in [0.2, 0.25) is 0 Å². The van der Waals surface area contributed by atoms with Crippen molar-refractivity contribution in [3.05, 3.63) is 35.4 Å². The van der Waals surface area contributed by atoms with Crippen LogP contribution in [0.15, 0.2) is 24.3 Å². The first-order valence-corrected chi connectivity index (χ1v) is 4.57. The molecule has 0 saturated heterocycles. The van der Waals surface area contributed by atoms with Gasteiger partial charge in [0, 0.05) is 11.5 Å². The zero-order valence-corrected chi connectivity index (χ0v) is 8.24. The number of rotatable bonds is 1. The molecule has 2 nitrogen and oxygen atoms in total. The summed E-state index contributed by atoms with van der Waals surface area (Å²) in [5.41, 5.74) is 2.90. The highest BCUT2D eigenvalue weighted by molar-refractivity contribution is 5.84. The monoisotopic (exact) mass is 185 g/mol. The molecule has 0 aromatic heterocycles. The van der Waals surface area contributed by atoms with Gasteiger partial charge >= 0.3 is 0 Å². The average molecular weight is 185 g/mol. The summed E-state index contributed by atoms with van der Waals surface area (Å²) in [5, 5.41) is 8.94. The van der Waals surface area contributed by atoms with Crippen LogP contribution in [0.25, 0.3) is 5.57 Å². The van der Waals surface area contributed by atoms with Gasteiger partial charge in [0.25, 0.3) is 0 Å². The number of methoxy groups -OCH3 is 1. The second-order valence-electron chi connectivity index (χ2n) is 3.40. The van der Waals surface area contributed by atoms with E-state index in [-0.39, 0.29) is 5.92 Å². The molecule has 0 aliphatic heterocycles. The maximum absolute atomic E-state index is 8.94. The van der Waals surface area contributed by atoms with Crippen LogP contribution in [-0.2, 0) is 0 Å². The molecule has 0 bridgehead atoms. The molecule has 2 heteroatoms. The minimum absolute atomic E-state index is 0.274. The fourth-order valence-corrected chi connectivity index (χ4v) is 1.95. The van der Waals surface area contributed by atoms with E-state index in [0.29, 0.717) is 0 Å². The smallest absolute Gasteiger partial charge is 0.123 e. The molecule has 0 spiro atoms. The molecular formula is C12H11NO. The molecule has 1 aliphatic rings. The summed E-state index contributed by atoms with van der Waals surface area (Å²) < 4.78 is 5.28. The molecule has 1 unspecified atom stereocenters. The van der Waals surface area contributed by atoms with Crippen molar-refractivity contribution in [3.63, 3.8) is 0 Å². The maximum atomic E-state index is 8.94. The molecule has 70 valence electrons. The lowest BCUT2D eigenvalue weighted by atomic mass is 10.0. The standard InChI is InChI=1S/C12H11NO/c1-8-6-9(7-13)10-4-3-5-11(14-2)12(8)10/h3-6,8H,1-2H3. The summed E-state index contributed by atoms with van der Waals surface area (Å²) in [5.74, 6) is 1.15. The Labute approximate surface area is 83.4 Å². The number of allylic oxidation sites excluding steroid dienone is 2. The van der Waals surface area contributed by atoms with Gasteiger partial charge in [-0.1, -0.05) is 25.1 Å². The quantitative estimate of drug-likeness (QED) is 0.674. The van der Waals surface area contributed by atoms with Crippen molar-refractivity contribution in [2.45, 2.75) is 12.8 Å². The molecule has 0 radical (unpaired) electrons. The second kappa shape index (κ2) is 3.19. The topological polar surface area (TPSA) is 33.0 Å². The predicted octanol–water partition coefficient (Wildman–Crippen LogP) is 2.72. The van der Waals surface area contributed by atoms with Crippen LogP contribution in [0, 0.1) is 11.3 Å². The molecule has 0 saturated carbocycles. The third-order valence-corrected chi connectivity index (χ3v) is 2.57. The van der Waals surface area contributed by atoms with Gasteiger partial charge in [-0.25, -0.2) is 0 Å². The van der Waals surface area contributed by atoms with Crippen molar-refractivity contribution in [2.75, 3.05) is 7.11 Å². The van der Waals surface area contributed by atoms with Crippen LogP contribution in [0.1, 0.15) is 24.0 Å². The summed E-state index contributed by atoms with van der Waals surface area (Å²) in [6, 6.07) is 8.03. The predicted molar refractivity (Wildman–Crippen MR) is 55.0 cm³/mol. The van der Waals surface area contributed by atoms with Crippen LogP contribution in [-0.4, -0.2) is 7.11 Å². The molecular weight excluding hydrogens is 174 g/mol. The molecule has 1 aliphatic carbocycles.